The molecule has 0 bridgehead atoms. The second kappa shape index (κ2) is 45.1. The minimum atomic E-state index is -4.11. The highest BCUT2D eigenvalue weighted by Crippen LogP contribution is 2.35. The molecule has 8 aromatic carbocycles. The maximum absolute atomic E-state index is 13.3. The zero-order chi connectivity index (χ0) is 103. The number of anilines is 8. The van der Waals surface area contributed by atoms with Gasteiger partial charge in [-0.2, -0.15) is 5.26 Å². The lowest BCUT2D eigenvalue weighted by molar-refractivity contribution is -0.117. The third-order valence-electron chi connectivity index (χ3n) is 21.6. The maximum Gasteiger partial charge on any atom is 0.333 e. The van der Waals surface area contributed by atoms with E-state index in [-0.39, 0.29) is 96.7 Å². The van der Waals surface area contributed by atoms with E-state index in [1.54, 1.807) is 80.8 Å². The Morgan fingerprint density at radius 1 is 0.424 bits per heavy atom. The molecule has 2 aliphatic heterocycles. The normalized spacial score (nSPS) is 12.5. The van der Waals surface area contributed by atoms with Crippen LogP contribution in [0.15, 0.2) is 268 Å². The van der Waals surface area contributed by atoms with E-state index in [9.17, 15) is 96.8 Å². The van der Waals surface area contributed by atoms with Crippen LogP contribution in [0.5, 0.6) is 5.75 Å². The first kappa shape index (κ1) is 105. The number of carbonyl (C=O) groups excluding carboxylic acids is 8. The van der Waals surface area contributed by atoms with Crippen molar-refractivity contribution in [2.24, 2.45) is 11.5 Å². The summed E-state index contributed by atoms with van der Waals surface area (Å²) in [5, 5.41) is 41.1. The molecule has 1 saturated heterocycles. The van der Waals surface area contributed by atoms with Gasteiger partial charge < -0.3 is 58.7 Å². The number of carbonyl (C=O) groups is 8. The topological polar surface area (TPSA) is 574 Å². The first-order valence-corrected chi connectivity index (χ1v) is 53.1. The van der Waals surface area contributed by atoms with Crippen LogP contribution >= 0.6 is 91.8 Å². The molecule has 51 heteroatoms. The number of nitrogens with zero attached hydrogens (tertiary/aromatic N) is 6. The predicted molar refractivity (Wildman–Crippen MR) is 558 cm³/mol. The molecule has 144 heavy (non-hydrogen) atoms. The summed E-state index contributed by atoms with van der Waals surface area (Å²) in [6.07, 6.45) is 7.79. The van der Waals surface area contributed by atoms with Crippen molar-refractivity contribution in [1.29, 1.82) is 5.26 Å². The Bertz CT molecular complexity index is 8340. The molecule has 0 spiro atoms. The molecule has 0 saturated carbocycles. The fourth-order valence-corrected chi connectivity index (χ4v) is 24.4. The van der Waals surface area contributed by atoms with E-state index in [1.807, 2.05) is 31.0 Å². The van der Waals surface area contributed by atoms with Crippen LogP contribution in [0.2, 0.25) is 17.3 Å². The fraction of sp³-hybridized carbons (Fsp3) is 0.118. The number of aromatic hydroxyl groups is 1. The van der Waals surface area contributed by atoms with E-state index in [2.05, 4.69) is 48.2 Å². The Morgan fingerprint density at radius 2 is 0.806 bits per heavy atom. The maximum atomic E-state index is 13.3. The number of hydrogen-bond acceptors (Lipinski definition) is 29. The largest absolute Gasteiger partial charge is 0.505 e. The van der Waals surface area contributed by atoms with Gasteiger partial charge in [-0.3, -0.25) is 47.3 Å². The number of aromatic nitrogens is 3. The molecule has 0 unspecified atom stereocenters. The number of nitriles is 1. The SMILES string of the molecule is CNc1ccc2c(=O)n(-c3ccc(NC(=O)NS(=O)(=O)c4ccc(Cl)s4)cc3)cc(C#N)c2c1.CNc1ccc2c(=O)n(-c3ccc(NC(=O)NS(=O)(=O)c4ccc(Cl)s4)cc3)cc(C(N)=O)c2c1.NC(=O)c1c(O)c2ccccc2c(=O)n1-c1ccc(NC(=O)NS(=O)(=O)c2ccc(Cl)s2)cc1.O=C(Nc1ccc(N2C(=O)Cc3cc(NCCCN4CCCCC4)ccc3C2=O)cc1)NS(=O)(=O)c1ccc(Cl)s1. The summed E-state index contributed by atoms with van der Waals surface area (Å²) < 4.78 is 110. The number of nitrogens with one attached hydrogen (secondary N) is 11. The highest BCUT2D eigenvalue weighted by Gasteiger charge is 2.34. The molecule has 15 aromatic rings. The van der Waals surface area contributed by atoms with Crippen LogP contribution in [0.4, 0.5) is 64.7 Å². The first-order chi connectivity index (χ1) is 68.6. The number of benzene rings is 8. The van der Waals surface area contributed by atoms with Crippen LogP contribution in [0.1, 0.15) is 68.0 Å². The van der Waals surface area contributed by atoms with E-state index in [0.717, 1.165) is 91.4 Å². The molecule has 0 aliphatic carbocycles. The predicted octanol–water partition coefficient (Wildman–Crippen LogP) is 15.4. The van der Waals surface area contributed by atoms with E-state index < -0.39 is 98.9 Å². The number of rotatable bonds is 25. The third kappa shape index (κ3) is 25.0. The number of piperidine rings is 1. The van der Waals surface area contributed by atoms with Gasteiger partial charge in [-0.1, -0.05) is 71.0 Å². The zero-order valence-corrected chi connectivity index (χ0v) is 84.3. The Morgan fingerprint density at radius 3 is 1.21 bits per heavy atom. The number of pyridine rings is 3. The number of nitrogens with two attached hydrogens (primary N) is 2. The molecule has 9 heterocycles. The number of likely N-dealkylation sites (tertiary alicyclic amines) is 1. The summed E-state index contributed by atoms with van der Waals surface area (Å²) in [7, 11) is -12.9. The minimum Gasteiger partial charge on any atom is -0.505 e. The molecule has 742 valence electrons. The van der Waals surface area contributed by atoms with Crippen LogP contribution in [0.3, 0.4) is 0 Å². The summed E-state index contributed by atoms with van der Waals surface area (Å²) in [6, 6.07) is 54.6. The van der Waals surface area contributed by atoms with Gasteiger partial charge in [0.05, 0.1) is 46.0 Å². The van der Waals surface area contributed by atoms with Gasteiger partial charge in [0.15, 0.2) is 11.4 Å². The molecular formula is C93H79Cl4N19O20S8. The van der Waals surface area contributed by atoms with Gasteiger partial charge in [-0.25, -0.2) is 76.6 Å². The monoisotopic (exact) mass is 2180 g/mol. The molecular weight excluding hydrogens is 2100 g/mol. The van der Waals surface area contributed by atoms with Crippen molar-refractivity contribution in [2.45, 2.75) is 48.9 Å². The first-order valence-electron chi connectivity index (χ1n) is 42.4. The van der Waals surface area contributed by atoms with Crippen molar-refractivity contribution >= 4 is 257 Å². The summed E-state index contributed by atoms with van der Waals surface area (Å²) in [4.78, 5) is 142. The number of thiophene rings is 4. The number of urea groups is 4. The van der Waals surface area contributed by atoms with Crippen molar-refractivity contribution in [2.75, 3.05) is 82.4 Å². The lowest BCUT2D eigenvalue weighted by Crippen LogP contribution is -2.42. The molecule has 17 rings (SSSR count). The summed E-state index contributed by atoms with van der Waals surface area (Å²) in [6.45, 7) is 4.22. The number of fused-ring (bicyclic) bond motifs is 4. The zero-order valence-electron chi connectivity index (χ0n) is 74.7. The number of sulfonamides is 4. The Labute approximate surface area is 855 Å². The van der Waals surface area contributed by atoms with E-state index in [4.69, 9.17) is 57.9 Å². The standard InChI is InChI=1S/C28H30ClN5O5S2.C22H18ClN5O5S2.C22H16ClN5O4S2.C21H15ClN4O6S2/c29-24-11-12-26(40-24)41(38,39)32-28(37)31-20-5-8-22(9-6-20)34-25(35)18-19-17-21(7-10-23(19)27(34)36)30-13-4-16-33-14-2-1-3-15-33;1-25-13-4-7-15-16(10-13)17(20(24)29)11-28(21(15)30)14-5-2-12(3-6-14)26-22(31)27-35(32,33)19-9-8-18(23)34-19;1-25-15-4-7-17-18(10-15)13(11-24)12-28(21(17)29)16-5-2-14(3-6-16)26-22(30)27-34(31,32)20-9-8-19(23)33-20;22-15-9-10-16(33-15)34(31,32)25-21(30)24-11-5-7-12(8-6-11)26-17(19(23)28)18(27)13-3-1-2-4-14(13)20(26)29/h5-12,17,30H,1-4,13-16,18H2,(H2,31,32,37);2-11,25H,1H3,(H2,24,29)(H2,26,27,31);2-10,12,25H,1H3,(H2,26,27,30);1-10,27H,(H2,23,28)(H2,24,25,30). The Kier molecular flexibility index (Phi) is 32.8. The summed E-state index contributed by atoms with van der Waals surface area (Å²) in [5.41, 5.74) is 15.8. The van der Waals surface area contributed by atoms with Gasteiger partial charge in [0.1, 0.15) is 22.9 Å². The third-order valence-corrected chi connectivity index (χ3v) is 33.8. The molecule has 7 aromatic heterocycles. The minimum absolute atomic E-state index is 0.0807. The van der Waals surface area contributed by atoms with Gasteiger partial charge in [0, 0.05) is 122 Å². The average molecular weight is 2180 g/mol. The number of primary amides is 2. The molecule has 39 nitrogen and oxygen atoms in total. The van der Waals surface area contributed by atoms with Crippen molar-refractivity contribution in [3.63, 3.8) is 0 Å². The van der Waals surface area contributed by atoms with Crippen LogP contribution in [-0.4, -0.2) is 145 Å². The second-order valence-corrected chi connectivity index (χ2v) is 45.6. The Balaban J connectivity index is 0.000000153. The average Bonchev–Trinajstić information content (AvgIpc) is 0.918. The molecule has 2 aliphatic rings. The van der Waals surface area contributed by atoms with Gasteiger partial charge in [-0.15, -0.1) is 45.3 Å². The molecule has 1 fully saturated rings. The van der Waals surface area contributed by atoms with Crippen molar-refractivity contribution < 1.29 is 77.1 Å². The Hall–Kier alpha value is -15.0. The van der Waals surface area contributed by atoms with E-state index in [1.165, 1.54) is 199 Å². The number of amides is 12. The lowest BCUT2D eigenvalue weighted by atomic mass is 9.97. The van der Waals surface area contributed by atoms with Crippen molar-refractivity contribution in [1.82, 2.24) is 37.5 Å². The quantitative estimate of drug-likeness (QED) is 0.0187. The van der Waals surface area contributed by atoms with Gasteiger partial charge >= 0.3 is 24.1 Å². The lowest BCUT2D eigenvalue weighted by Gasteiger charge is -2.27. The number of halogens is 4. The molecule has 0 radical (unpaired) electrons. The van der Waals surface area contributed by atoms with E-state index in [0.29, 0.717) is 61.0 Å². The van der Waals surface area contributed by atoms with Crippen LogP contribution in [-0.2, 0) is 51.3 Å². The van der Waals surface area contributed by atoms with Gasteiger partial charge in [0.25, 0.3) is 74.5 Å². The van der Waals surface area contributed by atoms with Crippen LogP contribution in [0, 0.1) is 11.3 Å². The van der Waals surface area contributed by atoms with Gasteiger partial charge in [-0.05, 0) is 251 Å². The van der Waals surface area contributed by atoms with Gasteiger partial charge in [0.2, 0.25) is 5.91 Å². The van der Waals surface area contributed by atoms with E-state index >= 15 is 0 Å². The summed E-state index contributed by atoms with van der Waals surface area (Å²) >= 11 is 26.3. The molecule has 0 atom stereocenters. The fourth-order valence-electron chi connectivity index (χ4n) is 14.9. The molecule has 16 N–H and O–H groups in total. The smallest absolute Gasteiger partial charge is 0.333 e. The number of hydrogen-bond donors (Lipinski definition) is 14. The van der Waals surface area contributed by atoms with Crippen LogP contribution < -0.4 is 89.2 Å². The van der Waals surface area contributed by atoms with Crippen LogP contribution in [0.25, 0.3) is 49.4 Å². The van der Waals surface area contributed by atoms with Crippen molar-refractivity contribution in [3.05, 3.63) is 313 Å². The molecule has 12 amide bonds. The summed E-state index contributed by atoms with van der Waals surface area (Å²) in [5.74, 6) is -2.93. The second-order valence-electron chi connectivity index (χ2n) is 31.1. The highest BCUT2D eigenvalue weighted by molar-refractivity contribution is 7.93. The van der Waals surface area contributed by atoms with Crippen molar-refractivity contribution in [3.8, 4) is 28.9 Å². The highest BCUT2D eigenvalue weighted by atomic mass is 35.5. The number of imide groups is 1.